The molecule has 5 heteroatoms. The Bertz CT molecular complexity index is 765. The Hall–Kier alpha value is -2.33. The molecule has 0 spiro atoms. The van der Waals surface area contributed by atoms with Crippen molar-refractivity contribution in [3.05, 3.63) is 71.1 Å². The smallest absolute Gasteiger partial charge is 0.255 e. The Balaban J connectivity index is 1.64. The predicted molar refractivity (Wildman–Crippen MR) is 82.7 cm³/mol. The normalized spacial score (nSPS) is 10.7. The molecule has 0 radical (unpaired) electrons. The van der Waals surface area contributed by atoms with Gasteiger partial charge in [-0.15, -0.1) is 0 Å². The van der Waals surface area contributed by atoms with Crippen LogP contribution >= 0.6 is 11.6 Å². The summed E-state index contributed by atoms with van der Waals surface area (Å²) in [5.74, 6) is -0.110. The van der Waals surface area contributed by atoms with Crippen LogP contribution < -0.4 is 5.32 Å². The first-order valence-corrected chi connectivity index (χ1v) is 7.06. The molecule has 106 valence electrons. The summed E-state index contributed by atoms with van der Waals surface area (Å²) in [6.45, 7) is 0.572. The number of nitrogens with one attached hydrogen (secondary N) is 1. The highest BCUT2D eigenvalue weighted by Gasteiger charge is 2.10. The summed E-state index contributed by atoms with van der Waals surface area (Å²) < 4.78 is 1.83. The van der Waals surface area contributed by atoms with Crippen LogP contribution in [-0.2, 0) is 6.42 Å². The van der Waals surface area contributed by atoms with Crippen molar-refractivity contribution >= 4 is 23.2 Å². The van der Waals surface area contributed by atoms with Gasteiger partial charge in [-0.3, -0.25) is 4.79 Å². The second-order valence-electron chi connectivity index (χ2n) is 4.71. The number of carbonyl (C=O) groups excluding carboxylic acids is 1. The van der Waals surface area contributed by atoms with E-state index in [4.69, 9.17) is 11.6 Å². The lowest BCUT2D eigenvalue weighted by molar-refractivity contribution is 0.0955. The van der Waals surface area contributed by atoms with E-state index in [1.54, 1.807) is 12.3 Å². The first kappa shape index (κ1) is 13.6. The zero-order chi connectivity index (χ0) is 14.7. The highest BCUT2D eigenvalue weighted by atomic mass is 35.5. The van der Waals surface area contributed by atoms with E-state index >= 15 is 0 Å². The molecule has 1 N–H and O–H groups in total. The van der Waals surface area contributed by atoms with Crippen molar-refractivity contribution in [3.8, 4) is 0 Å². The van der Waals surface area contributed by atoms with Gasteiger partial charge in [0.05, 0.1) is 5.56 Å². The van der Waals surface area contributed by atoms with Crippen LogP contribution in [0.3, 0.4) is 0 Å². The van der Waals surface area contributed by atoms with E-state index in [2.05, 4.69) is 10.3 Å². The van der Waals surface area contributed by atoms with Crippen molar-refractivity contribution in [2.24, 2.45) is 0 Å². The van der Waals surface area contributed by atoms with Gasteiger partial charge in [0.1, 0.15) is 5.65 Å². The number of hydrogen-bond donors (Lipinski definition) is 1. The van der Waals surface area contributed by atoms with Crippen molar-refractivity contribution in [3.63, 3.8) is 0 Å². The molecule has 2 aromatic heterocycles. The standard InChI is InChI=1S/C16H14ClN3O/c17-13-5-3-12(4-6-13)7-8-19-16(21)14-2-1-10-20-11-9-18-15(14)20/h1-6,9-11H,7-8H2,(H,19,21). The average Bonchev–Trinajstić information content (AvgIpc) is 2.97. The third-order valence-electron chi connectivity index (χ3n) is 3.28. The minimum Gasteiger partial charge on any atom is -0.352 e. The molecule has 1 aromatic carbocycles. The number of fused-ring (bicyclic) bond motifs is 1. The number of halogens is 1. The average molecular weight is 300 g/mol. The number of carbonyl (C=O) groups is 1. The lowest BCUT2D eigenvalue weighted by Crippen LogP contribution is -2.26. The molecule has 0 unspecified atom stereocenters. The van der Waals surface area contributed by atoms with Gasteiger partial charge in [-0.05, 0) is 36.2 Å². The van der Waals surface area contributed by atoms with Crippen LogP contribution in [0.1, 0.15) is 15.9 Å². The third-order valence-corrected chi connectivity index (χ3v) is 3.53. The van der Waals surface area contributed by atoms with Crippen LogP contribution in [0.2, 0.25) is 5.02 Å². The van der Waals surface area contributed by atoms with E-state index in [9.17, 15) is 4.79 Å². The molecule has 3 rings (SSSR count). The summed E-state index contributed by atoms with van der Waals surface area (Å²) in [6, 6.07) is 11.2. The van der Waals surface area contributed by atoms with Gasteiger partial charge in [-0.2, -0.15) is 0 Å². The topological polar surface area (TPSA) is 46.4 Å². The van der Waals surface area contributed by atoms with Gasteiger partial charge < -0.3 is 9.72 Å². The van der Waals surface area contributed by atoms with Crippen LogP contribution in [0.4, 0.5) is 0 Å². The predicted octanol–water partition coefficient (Wildman–Crippen LogP) is 2.96. The maximum atomic E-state index is 12.2. The molecule has 2 heterocycles. The molecule has 0 saturated carbocycles. The second kappa shape index (κ2) is 5.97. The highest BCUT2D eigenvalue weighted by molar-refractivity contribution is 6.30. The van der Waals surface area contributed by atoms with Crippen molar-refractivity contribution in [1.82, 2.24) is 14.7 Å². The third kappa shape index (κ3) is 3.06. The summed E-state index contributed by atoms with van der Waals surface area (Å²) in [5.41, 5.74) is 2.39. The fourth-order valence-corrected chi connectivity index (χ4v) is 2.32. The van der Waals surface area contributed by atoms with E-state index in [0.717, 1.165) is 12.0 Å². The summed E-state index contributed by atoms with van der Waals surface area (Å²) in [4.78, 5) is 16.4. The van der Waals surface area contributed by atoms with E-state index in [-0.39, 0.29) is 5.91 Å². The van der Waals surface area contributed by atoms with Crippen molar-refractivity contribution < 1.29 is 4.79 Å². The summed E-state index contributed by atoms with van der Waals surface area (Å²) in [7, 11) is 0. The molecular weight excluding hydrogens is 286 g/mol. The molecule has 0 aliphatic carbocycles. The highest BCUT2D eigenvalue weighted by Crippen LogP contribution is 2.10. The molecular formula is C16H14ClN3O. The maximum Gasteiger partial charge on any atom is 0.255 e. The van der Waals surface area contributed by atoms with E-state index in [1.807, 2.05) is 47.1 Å². The van der Waals surface area contributed by atoms with E-state index in [1.165, 1.54) is 0 Å². The number of rotatable bonds is 4. The van der Waals surface area contributed by atoms with Gasteiger partial charge in [0.2, 0.25) is 0 Å². The van der Waals surface area contributed by atoms with Gasteiger partial charge in [-0.1, -0.05) is 23.7 Å². The van der Waals surface area contributed by atoms with Gasteiger partial charge in [-0.25, -0.2) is 4.98 Å². The molecule has 1 amide bonds. The number of amides is 1. The van der Waals surface area contributed by atoms with Crippen molar-refractivity contribution in [2.75, 3.05) is 6.54 Å². The zero-order valence-corrected chi connectivity index (χ0v) is 12.0. The van der Waals surface area contributed by atoms with Crippen LogP contribution in [0.25, 0.3) is 5.65 Å². The molecule has 0 bridgehead atoms. The second-order valence-corrected chi connectivity index (χ2v) is 5.15. The van der Waals surface area contributed by atoms with Gasteiger partial charge in [0.25, 0.3) is 5.91 Å². The number of hydrogen-bond acceptors (Lipinski definition) is 2. The van der Waals surface area contributed by atoms with Crippen LogP contribution in [0.15, 0.2) is 55.0 Å². The Kier molecular flexibility index (Phi) is 3.88. The molecule has 0 atom stereocenters. The Morgan fingerprint density at radius 3 is 2.81 bits per heavy atom. The van der Waals surface area contributed by atoms with Crippen molar-refractivity contribution in [2.45, 2.75) is 6.42 Å². The first-order valence-electron chi connectivity index (χ1n) is 6.68. The van der Waals surface area contributed by atoms with E-state index < -0.39 is 0 Å². The van der Waals surface area contributed by atoms with Crippen molar-refractivity contribution in [1.29, 1.82) is 0 Å². The quantitative estimate of drug-likeness (QED) is 0.805. The Morgan fingerprint density at radius 1 is 1.19 bits per heavy atom. The number of aromatic nitrogens is 2. The van der Waals surface area contributed by atoms with E-state index in [0.29, 0.717) is 22.8 Å². The molecule has 0 fully saturated rings. The van der Waals surface area contributed by atoms with Crippen LogP contribution in [0.5, 0.6) is 0 Å². The zero-order valence-electron chi connectivity index (χ0n) is 11.3. The lowest BCUT2D eigenvalue weighted by Gasteiger charge is -2.06. The summed E-state index contributed by atoms with van der Waals surface area (Å²) >= 11 is 5.84. The minimum absolute atomic E-state index is 0.110. The van der Waals surface area contributed by atoms with Gasteiger partial charge >= 0.3 is 0 Å². The summed E-state index contributed by atoms with van der Waals surface area (Å²) in [5, 5.41) is 3.64. The largest absolute Gasteiger partial charge is 0.352 e. The fraction of sp³-hybridized carbons (Fsp3) is 0.125. The molecule has 0 aliphatic rings. The number of imidazole rings is 1. The first-order chi connectivity index (χ1) is 10.2. The van der Waals surface area contributed by atoms with Gasteiger partial charge in [0.15, 0.2) is 0 Å². The van der Waals surface area contributed by atoms with Crippen LogP contribution in [0, 0.1) is 0 Å². The SMILES string of the molecule is O=C(NCCc1ccc(Cl)cc1)c1cccn2ccnc12. The molecule has 0 saturated heterocycles. The molecule has 4 nitrogen and oxygen atoms in total. The molecule has 21 heavy (non-hydrogen) atoms. The molecule has 3 aromatic rings. The molecule has 0 aliphatic heterocycles. The Morgan fingerprint density at radius 2 is 2.00 bits per heavy atom. The fourth-order valence-electron chi connectivity index (χ4n) is 2.19. The van der Waals surface area contributed by atoms with Crippen LogP contribution in [-0.4, -0.2) is 21.8 Å². The monoisotopic (exact) mass is 299 g/mol. The Labute approximate surface area is 127 Å². The number of pyridine rings is 1. The maximum absolute atomic E-state index is 12.2. The number of nitrogens with zero attached hydrogens (tertiary/aromatic N) is 2. The lowest BCUT2D eigenvalue weighted by atomic mass is 10.1. The summed E-state index contributed by atoms with van der Waals surface area (Å²) in [6.07, 6.45) is 6.13. The van der Waals surface area contributed by atoms with Gasteiger partial charge in [0, 0.05) is 30.2 Å². The minimum atomic E-state index is -0.110. The number of benzene rings is 1.